The zero-order chi connectivity index (χ0) is 21.1. The molecule has 4 aromatic rings. The quantitative estimate of drug-likeness (QED) is 0.383. The summed E-state index contributed by atoms with van der Waals surface area (Å²) in [6.07, 6.45) is 4.84. The van der Waals surface area contributed by atoms with Crippen molar-refractivity contribution in [2.45, 2.75) is 13.5 Å². The Kier molecular flexibility index (Phi) is 5.63. The molecule has 30 heavy (non-hydrogen) atoms. The normalized spacial score (nSPS) is 11.6. The monoisotopic (exact) mass is 421 g/mol. The lowest BCUT2D eigenvalue weighted by Gasteiger charge is -2.10. The van der Waals surface area contributed by atoms with E-state index in [1.54, 1.807) is 31.8 Å². The summed E-state index contributed by atoms with van der Waals surface area (Å²) in [5.74, 6) is 1.11. The second kappa shape index (κ2) is 8.51. The molecule has 1 N–H and O–H groups in total. The van der Waals surface area contributed by atoms with Gasteiger partial charge in [-0.1, -0.05) is 23.7 Å². The number of halogens is 1. The molecule has 0 saturated carbocycles. The van der Waals surface area contributed by atoms with E-state index >= 15 is 0 Å². The Balaban J connectivity index is 1.67. The highest BCUT2D eigenvalue weighted by Crippen LogP contribution is 2.37. The molecule has 4 rings (SSSR count). The van der Waals surface area contributed by atoms with Gasteiger partial charge in [0.1, 0.15) is 17.1 Å². The van der Waals surface area contributed by atoms with Crippen molar-refractivity contribution in [2.75, 3.05) is 7.11 Å². The van der Waals surface area contributed by atoms with Crippen molar-refractivity contribution in [1.29, 1.82) is 0 Å². The molecule has 0 saturated heterocycles. The molecule has 1 amide bonds. The van der Waals surface area contributed by atoms with Gasteiger partial charge in [-0.3, -0.25) is 4.79 Å². The first kappa shape index (κ1) is 19.9. The molecule has 0 spiro atoms. The Morgan fingerprint density at radius 3 is 2.67 bits per heavy atom. The van der Waals surface area contributed by atoms with E-state index in [1.807, 2.05) is 49.4 Å². The van der Waals surface area contributed by atoms with Crippen molar-refractivity contribution < 1.29 is 18.4 Å². The Labute approximate surface area is 178 Å². The minimum atomic E-state index is -0.212. The van der Waals surface area contributed by atoms with Gasteiger partial charge in [-0.2, -0.15) is 0 Å². The van der Waals surface area contributed by atoms with Crippen LogP contribution in [0.2, 0.25) is 5.02 Å². The smallest absolute Gasteiger partial charge is 0.244 e. The zero-order valence-corrected chi connectivity index (χ0v) is 17.3. The summed E-state index contributed by atoms with van der Waals surface area (Å²) >= 11 is 6.01. The molecule has 0 fully saturated rings. The number of fused-ring (bicyclic) bond motifs is 1. The van der Waals surface area contributed by atoms with E-state index < -0.39 is 0 Å². The fourth-order valence-corrected chi connectivity index (χ4v) is 3.42. The molecular weight excluding hydrogens is 402 g/mol. The van der Waals surface area contributed by atoms with Crippen LogP contribution >= 0.6 is 11.6 Å². The fourth-order valence-electron chi connectivity index (χ4n) is 3.30. The molecule has 2 heterocycles. The lowest BCUT2D eigenvalue weighted by Crippen LogP contribution is -2.20. The minimum absolute atomic E-state index is 0.212. The number of carbonyl (C=O) groups excluding carboxylic acids is 1. The third kappa shape index (κ3) is 4.11. The largest absolute Gasteiger partial charge is 0.496 e. The van der Waals surface area contributed by atoms with E-state index in [4.69, 9.17) is 25.2 Å². The van der Waals surface area contributed by atoms with Crippen molar-refractivity contribution in [3.05, 3.63) is 83.5 Å². The van der Waals surface area contributed by atoms with Crippen LogP contribution in [0.1, 0.15) is 18.2 Å². The molecular formula is C24H20ClNO4. The molecule has 0 bridgehead atoms. The van der Waals surface area contributed by atoms with E-state index in [0.29, 0.717) is 28.7 Å². The summed E-state index contributed by atoms with van der Waals surface area (Å²) in [7, 11) is 1.60. The summed E-state index contributed by atoms with van der Waals surface area (Å²) in [6, 6.07) is 15.0. The molecule has 0 atom stereocenters. The number of nitrogens with one attached hydrogen (secondary N) is 1. The third-order valence-electron chi connectivity index (χ3n) is 4.84. The van der Waals surface area contributed by atoms with Crippen LogP contribution in [-0.2, 0) is 11.3 Å². The van der Waals surface area contributed by atoms with Crippen LogP contribution in [0.5, 0.6) is 5.75 Å². The van der Waals surface area contributed by atoms with Crippen molar-refractivity contribution >= 4 is 34.1 Å². The SMILES string of the molecule is COc1cc2occ(-c3ccc(Cl)cc3)c2cc1/C(C)=C/C(=O)NCc1ccco1. The number of rotatable bonds is 6. The van der Waals surface area contributed by atoms with E-state index in [1.165, 1.54) is 0 Å². The summed E-state index contributed by atoms with van der Waals surface area (Å²) in [6.45, 7) is 2.20. The van der Waals surface area contributed by atoms with Gasteiger partial charge in [0.15, 0.2) is 0 Å². The van der Waals surface area contributed by atoms with Gasteiger partial charge in [0.05, 0.1) is 26.2 Å². The first-order valence-electron chi connectivity index (χ1n) is 9.39. The molecule has 0 aliphatic carbocycles. The summed E-state index contributed by atoms with van der Waals surface area (Å²) in [4.78, 5) is 12.4. The van der Waals surface area contributed by atoms with Crippen LogP contribution in [0.4, 0.5) is 0 Å². The zero-order valence-electron chi connectivity index (χ0n) is 16.6. The van der Waals surface area contributed by atoms with Gasteiger partial charge in [-0.15, -0.1) is 0 Å². The third-order valence-corrected chi connectivity index (χ3v) is 5.09. The predicted molar refractivity (Wildman–Crippen MR) is 117 cm³/mol. The standard InChI is InChI=1S/C24H20ClNO4/c1-15(10-24(27)26-13-18-4-3-9-29-18)19-11-20-21(16-5-7-17(25)8-6-16)14-30-23(20)12-22(19)28-2/h3-12,14H,13H2,1-2H3,(H,26,27)/b15-10+. The van der Waals surface area contributed by atoms with Crippen molar-refractivity contribution in [2.24, 2.45) is 0 Å². The van der Waals surface area contributed by atoms with E-state index in [0.717, 1.165) is 27.6 Å². The average molecular weight is 422 g/mol. The second-order valence-corrected chi connectivity index (χ2v) is 7.27. The van der Waals surface area contributed by atoms with Crippen LogP contribution in [0.15, 0.2) is 76.0 Å². The number of furan rings is 2. The number of ether oxygens (including phenoxy) is 1. The van der Waals surface area contributed by atoms with E-state index in [9.17, 15) is 4.79 Å². The molecule has 152 valence electrons. The van der Waals surface area contributed by atoms with Crippen molar-refractivity contribution in [3.63, 3.8) is 0 Å². The predicted octanol–water partition coefficient (Wildman–Crippen LogP) is 6.07. The van der Waals surface area contributed by atoms with Gasteiger partial charge in [0, 0.05) is 33.7 Å². The van der Waals surface area contributed by atoms with Gasteiger partial charge < -0.3 is 18.9 Å². The van der Waals surface area contributed by atoms with Crippen LogP contribution < -0.4 is 10.1 Å². The number of carbonyl (C=O) groups is 1. The number of hydrogen-bond donors (Lipinski definition) is 1. The maximum atomic E-state index is 12.4. The molecule has 2 aromatic carbocycles. The Bertz CT molecular complexity index is 1200. The van der Waals surface area contributed by atoms with Gasteiger partial charge >= 0.3 is 0 Å². The van der Waals surface area contributed by atoms with Crippen LogP contribution in [0.3, 0.4) is 0 Å². The maximum absolute atomic E-state index is 12.4. The molecule has 6 heteroatoms. The molecule has 2 aromatic heterocycles. The Morgan fingerprint density at radius 2 is 1.97 bits per heavy atom. The highest BCUT2D eigenvalue weighted by molar-refractivity contribution is 6.30. The topological polar surface area (TPSA) is 64.6 Å². The summed E-state index contributed by atoms with van der Waals surface area (Å²) in [5.41, 5.74) is 4.23. The minimum Gasteiger partial charge on any atom is -0.496 e. The lowest BCUT2D eigenvalue weighted by molar-refractivity contribution is -0.116. The van der Waals surface area contributed by atoms with E-state index in [2.05, 4.69) is 5.32 Å². The number of amides is 1. The van der Waals surface area contributed by atoms with Gasteiger partial charge in [0.25, 0.3) is 0 Å². The highest BCUT2D eigenvalue weighted by atomic mass is 35.5. The first-order chi connectivity index (χ1) is 14.5. The highest BCUT2D eigenvalue weighted by Gasteiger charge is 2.15. The van der Waals surface area contributed by atoms with Crippen LogP contribution in [0, 0.1) is 0 Å². The number of methoxy groups -OCH3 is 1. The van der Waals surface area contributed by atoms with Gasteiger partial charge in [0.2, 0.25) is 5.91 Å². The van der Waals surface area contributed by atoms with Crippen molar-refractivity contribution in [1.82, 2.24) is 5.32 Å². The molecule has 0 unspecified atom stereocenters. The lowest BCUT2D eigenvalue weighted by atomic mass is 9.99. The average Bonchev–Trinajstić information content (AvgIpc) is 3.41. The molecule has 5 nitrogen and oxygen atoms in total. The molecule has 0 aliphatic heterocycles. The number of allylic oxidation sites excluding steroid dienone is 1. The van der Waals surface area contributed by atoms with Gasteiger partial charge in [-0.05, 0) is 48.4 Å². The molecule has 0 radical (unpaired) electrons. The van der Waals surface area contributed by atoms with Crippen LogP contribution in [0.25, 0.3) is 27.7 Å². The maximum Gasteiger partial charge on any atom is 0.244 e. The Hall–Kier alpha value is -3.44. The first-order valence-corrected chi connectivity index (χ1v) is 9.77. The molecule has 0 aliphatic rings. The summed E-state index contributed by atoms with van der Waals surface area (Å²) in [5, 5.41) is 4.42. The Morgan fingerprint density at radius 1 is 1.17 bits per heavy atom. The number of hydrogen-bond acceptors (Lipinski definition) is 4. The van der Waals surface area contributed by atoms with E-state index in [-0.39, 0.29) is 5.91 Å². The number of benzene rings is 2. The van der Waals surface area contributed by atoms with Crippen molar-refractivity contribution in [3.8, 4) is 16.9 Å². The fraction of sp³-hybridized carbons (Fsp3) is 0.125. The van der Waals surface area contributed by atoms with Crippen LogP contribution in [-0.4, -0.2) is 13.0 Å². The van der Waals surface area contributed by atoms with Gasteiger partial charge in [-0.25, -0.2) is 0 Å². The second-order valence-electron chi connectivity index (χ2n) is 6.83. The summed E-state index contributed by atoms with van der Waals surface area (Å²) < 4.78 is 16.5.